The number of nitro benzene ring substituents is 1. The van der Waals surface area contributed by atoms with Crippen molar-refractivity contribution in [2.45, 2.75) is 39.8 Å². The van der Waals surface area contributed by atoms with Gasteiger partial charge in [0.2, 0.25) is 0 Å². The van der Waals surface area contributed by atoms with Crippen molar-refractivity contribution in [1.82, 2.24) is 4.90 Å². The van der Waals surface area contributed by atoms with E-state index < -0.39 is 4.92 Å². The summed E-state index contributed by atoms with van der Waals surface area (Å²) in [4.78, 5) is 12.4. The third kappa shape index (κ3) is 4.08. The summed E-state index contributed by atoms with van der Waals surface area (Å²) in [7, 11) is 0. The van der Waals surface area contributed by atoms with Gasteiger partial charge >= 0.3 is 0 Å². The van der Waals surface area contributed by atoms with E-state index in [2.05, 4.69) is 11.8 Å². The van der Waals surface area contributed by atoms with Crippen molar-refractivity contribution in [2.24, 2.45) is 0 Å². The normalized spacial score (nSPS) is 11.3. The van der Waals surface area contributed by atoms with Gasteiger partial charge in [-0.25, -0.2) is 0 Å². The summed E-state index contributed by atoms with van der Waals surface area (Å²) in [5.74, 6) is -0.0750. The van der Waals surface area contributed by atoms with Crippen LogP contribution in [0.5, 0.6) is 5.75 Å². The van der Waals surface area contributed by atoms with Crippen molar-refractivity contribution in [3.05, 3.63) is 32.8 Å². The number of nitro groups is 1. The number of rotatable bonds is 6. The van der Waals surface area contributed by atoms with E-state index in [9.17, 15) is 15.2 Å². The minimum Gasteiger partial charge on any atom is -0.506 e. The van der Waals surface area contributed by atoms with Crippen molar-refractivity contribution in [2.75, 3.05) is 6.54 Å². The molecule has 0 amide bonds. The van der Waals surface area contributed by atoms with Gasteiger partial charge in [-0.05, 0) is 26.8 Å². The standard InChI is InChI=1S/C13H19ClN2O3/c1-4-5-15(9(2)3)8-10-6-11(16(18)19)7-12(14)13(10)17/h6-7,9,17H,4-5,8H2,1-3H3. The smallest absolute Gasteiger partial charge is 0.271 e. The number of halogens is 1. The molecule has 0 atom stereocenters. The summed E-state index contributed by atoms with van der Waals surface area (Å²) in [6.45, 7) is 7.46. The van der Waals surface area contributed by atoms with E-state index in [1.165, 1.54) is 12.1 Å². The Morgan fingerprint density at radius 2 is 2.11 bits per heavy atom. The summed E-state index contributed by atoms with van der Waals surface area (Å²) < 4.78 is 0. The first-order valence-corrected chi connectivity index (χ1v) is 6.64. The van der Waals surface area contributed by atoms with Gasteiger partial charge in [-0.2, -0.15) is 0 Å². The quantitative estimate of drug-likeness (QED) is 0.641. The van der Waals surface area contributed by atoms with E-state index in [4.69, 9.17) is 11.6 Å². The predicted molar refractivity (Wildman–Crippen MR) is 75.6 cm³/mol. The maximum Gasteiger partial charge on any atom is 0.271 e. The monoisotopic (exact) mass is 286 g/mol. The number of aromatic hydroxyl groups is 1. The lowest BCUT2D eigenvalue weighted by atomic mass is 10.1. The van der Waals surface area contributed by atoms with Crippen LogP contribution in [0.4, 0.5) is 5.69 Å². The largest absolute Gasteiger partial charge is 0.506 e. The van der Waals surface area contributed by atoms with E-state index in [0.29, 0.717) is 12.1 Å². The van der Waals surface area contributed by atoms with E-state index in [0.717, 1.165) is 13.0 Å². The fraction of sp³-hybridized carbons (Fsp3) is 0.538. The highest BCUT2D eigenvalue weighted by molar-refractivity contribution is 6.32. The molecule has 1 aromatic carbocycles. The average molecular weight is 287 g/mol. The van der Waals surface area contributed by atoms with Crippen LogP contribution in [0.25, 0.3) is 0 Å². The van der Waals surface area contributed by atoms with Crippen molar-refractivity contribution in [3.8, 4) is 5.75 Å². The molecule has 0 aliphatic carbocycles. The molecule has 0 unspecified atom stereocenters. The lowest BCUT2D eigenvalue weighted by Gasteiger charge is -2.26. The second-order valence-electron chi connectivity index (χ2n) is 4.76. The van der Waals surface area contributed by atoms with Crippen LogP contribution < -0.4 is 0 Å². The van der Waals surface area contributed by atoms with Crippen LogP contribution in [0.3, 0.4) is 0 Å². The Morgan fingerprint density at radius 1 is 1.47 bits per heavy atom. The van der Waals surface area contributed by atoms with Gasteiger partial charge in [-0.3, -0.25) is 15.0 Å². The van der Waals surface area contributed by atoms with Gasteiger partial charge in [-0.15, -0.1) is 0 Å². The number of hydrogen-bond donors (Lipinski definition) is 1. The molecule has 6 heteroatoms. The summed E-state index contributed by atoms with van der Waals surface area (Å²) in [5, 5.41) is 20.8. The second kappa shape index (κ2) is 6.73. The molecule has 5 nitrogen and oxygen atoms in total. The summed E-state index contributed by atoms with van der Waals surface area (Å²) in [6.07, 6.45) is 0.974. The van der Waals surface area contributed by atoms with E-state index in [-0.39, 0.29) is 22.5 Å². The highest BCUT2D eigenvalue weighted by atomic mass is 35.5. The minimum atomic E-state index is -0.506. The number of phenols is 1. The second-order valence-corrected chi connectivity index (χ2v) is 5.16. The maximum atomic E-state index is 10.8. The molecule has 0 bridgehead atoms. The third-order valence-electron chi connectivity index (χ3n) is 2.95. The van der Waals surface area contributed by atoms with Crippen LogP contribution in [-0.4, -0.2) is 27.5 Å². The fourth-order valence-electron chi connectivity index (χ4n) is 1.89. The van der Waals surface area contributed by atoms with Crippen molar-refractivity contribution < 1.29 is 10.0 Å². The molecule has 0 aromatic heterocycles. The molecule has 0 aliphatic rings. The van der Waals surface area contributed by atoms with Crippen LogP contribution in [0.15, 0.2) is 12.1 Å². The first-order valence-electron chi connectivity index (χ1n) is 6.26. The van der Waals surface area contributed by atoms with Gasteiger partial charge in [0.15, 0.2) is 0 Å². The number of non-ortho nitro benzene ring substituents is 1. The van der Waals surface area contributed by atoms with Crippen molar-refractivity contribution in [1.29, 1.82) is 0 Å². The SMILES string of the molecule is CCCN(Cc1cc([N+](=O)[O-])cc(Cl)c1O)C(C)C. The molecule has 106 valence electrons. The van der Waals surface area contributed by atoms with Crippen LogP contribution >= 0.6 is 11.6 Å². The molecule has 0 spiro atoms. The highest BCUT2D eigenvalue weighted by Gasteiger charge is 2.18. The van der Waals surface area contributed by atoms with Gasteiger partial charge in [-0.1, -0.05) is 18.5 Å². The molecule has 1 N–H and O–H groups in total. The summed E-state index contributed by atoms with van der Waals surface area (Å²) in [5.41, 5.74) is 0.388. The average Bonchev–Trinajstić information content (AvgIpc) is 2.33. The van der Waals surface area contributed by atoms with E-state index in [1.54, 1.807) is 0 Å². The first kappa shape index (κ1) is 15.7. The summed E-state index contributed by atoms with van der Waals surface area (Å²) >= 11 is 5.83. The number of phenolic OH excluding ortho intramolecular Hbond substituents is 1. The molecule has 19 heavy (non-hydrogen) atoms. The van der Waals surface area contributed by atoms with Gasteiger partial charge in [0, 0.05) is 30.3 Å². The van der Waals surface area contributed by atoms with Crippen LogP contribution in [0, 0.1) is 10.1 Å². The Balaban J connectivity index is 3.08. The molecule has 0 saturated carbocycles. The number of nitrogens with zero attached hydrogens (tertiary/aromatic N) is 2. The Hall–Kier alpha value is -1.33. The lowest BCUT2D eigenvalue weighted by Crippen LogP contribution is -2.31. The number of hydrogen-bond acceptors (Lipinski definition) is 4. The maximum absolute atomic E-state index is 10.8. The summed E-state index contributed by atoms with van der Waals surface area (Å²) in [6, 6.07) is 2.84. The van der Waals surface area contributed by atoms with Gasteiger partial charge in [0.05, 0.1) is 9.95 Å². The van der Waals surface area contributed by atoms with Gasteiger partial charge in [0.1, 0.15) is 5.75 Å². The third-order valence-corrected chi connectivity index (χ3v) is 3.24. The first-order chi connectivity index (χ1) is 8.86. The van der Waals surface area contributed by atoms with Crippen LogP contribution in [0.2, 0.25) is 5.02 Å². The van der Waals surface area contributed by atoms with Crippen molar-refractivity contribution in [3.63, 3.8) is 0 Å². The predicted octanol–water partition coefficient (Wildman–Crippen LogP) is 3.57. The minimum absolute atomic E-state index is 0.0180. The lowest BCUT2D eigenvalue weighted by molar-refractivity contribution is -0.384. The Kier molecular flexibility index (Phi) is 5.57. The fourth-order valence-corrected chi connectivity index (χ4v) is 2.13. The molecule has 0 heterocycles. The molecule has 0 aliphatic heterocycles. The molecular formula is C13H19ClN2O3. The van der Waals surface area contributed by atoms with Gasteiger partial charge < -0.3 is 5.11 Å². The molecule has 0 fully saturated rings. The van der Waals surface area contributed by atoms with E-state index >= 15 is 0 Å². The molecule has 1 aromatic rings. The molecule has 0 radical (unpaired) electrons. The topological polar surface area (TPSA) is 66.6 Å². The molecule has 1 rings (SSSR count). The molecule has 0 saturated heterocycles. The van der Waals surface area contributed by atoms with E-state index in [1.807, 2.05) is 13.8 Å². The Morgan fingerprint density at radius 3 is 2.58 bits per heavy atom. The van der Waals surface area contributed by atoms with Crippen LogP contribution in [-0.2, 0) is 6.54 Å². The zero-order chi connectivity index (χ0) is 14.6. The molecular weight excluding hydrogens is 268 g/mol. The van der Waals surface area contributed by atoms with Gasteiger partial charge in [0.25, 0.3) is 5.69 Å². The van der Waals surface area contributed by atoms with Crippen molar-refractivity contribution >= 4 is 17.3 Å². The number of benzene rings is 1. The van der Waals surface area contributed by atoms with Crippen LogP contribution in [0.1, 0.15) is 32.8 Å². The zero-order valence-electron chi connectivity index (χ0n) is 11.4. The Bertz CT molecular complexity index is 463. The highest BCUT2D eigenvalue weighted by Crippen LogP contribution is 2.33. The Labute approximate surface area is 117 Å². The zero-order valence-corrected chi connectivity index (χ0v) is 12.1.